The molecule has 0 N–H and O–H groups in total. The van der Waals surface area contributed by atoms with E-state index >= 15 is 0 Å². The first-order valence-electron chi connectivity index (χ1n) is 7.22. The summed E-state index contributed by atoms with van der Waals surface area (Å²) in [6, 6.07) is 10.0. The minimum atomic E-state index is -0.257. The van der Waals surface area contributed by atoms with Crippen LogP contribution in [-0.2, 0) is 11.2 Å². The molecule has 0 spiro atoms. The first kappa shape index (κ1) is 14.5. The topological polar surface area (TPSA) is 42.4 Å². The van der Waals surface area contributed by atoms with Gasteiger partial charge in [-0.15, -0.1) is 0 Å². The number of pyridine rings is 1. The van der Waals surface area contributed by atoms with E-state index in [4.69, 9.17) is 4.74 Å². The van der Waals surface area contributed by atoms with Crippen molar-refractivity contribution in [3.8, 4) is 5.75 Å². The summed E-state index contributed by atoms with van der Waals surface area (Å²) in [7, 11) is 1.57. The van der Waals surface area contributed by atoms with Crippen LogP contribution in [0.3, 0.4) is 0 Å². The van der Waals surface area contributed by atoms with Crippen LogP contribution in [0, 0.1) is 5.82 Å². The van der Waals surface area contributed by atoms with Gasteiger partial charge < -0.3 is 9.64 Å². The van der Waals surface area contributed by atoms with Crippen LogP contribution >= 0.6 is 0 Å². The summed E-state index contributed by atoms with van der Waals surface area (Å²) in [6.07, 6.45) is 2.60. The fourth-order valence-corrected chi connectivity index (χ4v) is 2.65. The zero-order valence-corrected chi connectivity index (χ0v) is 12.3. The smallest absolute Gasteiger partial charge is 0.229 e. The summed E-state index contributed by atoms with van der Waals surface area (Å²) in [4.78, 5) is 18.3. The first-order chi connectivity index (χ1) is 10.7. The van der Waals surface area contributed by atoms with Crippen molar-refractivity contribution in [3.05, 3.63) is 59.7 Å². The third kappa shape index (κ3) is 2.79. The van der Waals surface area contributed by atoms with Crippen LogP contribution in [0.2, 0.25) is 0 Å². The van der Waals surface area contributed by atoms with Crippen molar-refractivity contribution in [1.29, 1.82) is 0 Å². The lowest BCUT2D eigenvalue weighted by atomic mass is 9.93. The standard InChI is InChI=1S/C17H17FN2O2/c1-22-13-7-6-12(19-11-13)10-17(21)20-9-8-16(20)14-4-2-3-5-15(14)18/h2-7,11,16H,8-10H2,1H3. The van der Waals surface area contributed by atoms with E-state index in [0.29, 0.717) is 23.6 Å². The third-order valence-corrected chi connectivity index (χ3v) is 3.97. The molecule has 0 aliphatic carbocycles. The molecule has 0 radical (unpaired) electrons. The number of aromatic nitrogens is 1. The van der Waals surface area contributed by atoms with E-state index in [1.54, 1.807) is 48.5 Å². The lowest BCUT2D eigenvalue weighted by molar-refractivity contribution is -0.138. The Balaban J connectivity index is 1.68. The highest BCUT2D eigenvalue weighted by molar-refractivity contribution is 5.79. The number of ether oxygens (including phenoxy) is 1. The highest BCUT2D eigenvalue weighted by atomic mass is 19.1. The van der Waals surface area contributed by atoms with E-state index < -0.39 is 0 Å². The van der Waals surface area contributed by atoms with Crippen LogP contribution in [0.1, 0.15) is 23.7 Å². The van der Waals surface area contributed by atoms with Gasteiger partial charge >= 0.3 is 0 Å². The summed E-state index contributed by atoms with van der Waals surface area (Å²) >= 11 is 0. The van der Waals surface area contributed by atoms with Crippen LogP contribution in [-0.4, -0.2) is 29.4 Å². The van der Waals surface area contributed by atoms with E-state index in [0.717, 1.165) is 6.42 Å². The van der Waals surface area contributed by atoms with E-state index in [2.05, 4.69) is 4.98 Å². The number of likely N-dealkylation sites (tertiary alicyclic amines) is 1. The van der Waals surface area contributed by atoms with Gasteiger partial charge in [-0.05, 0) is 24.6 Å². The molecule has 1 aliphatic heterocycles. The summed E-state index contributed by atoms with van der Waals surface area (Å²) in [5.41, 5.74) is 1.27. The molecule has 1 aliphatic rings. The van der Waals surface area contributed by atoms with Crippen molar-refractivity contribution in [2.24, 2.45) is 0 Å². The number of nitrogens with zero attached hydrogens (tertiary/aromatic N) is 2. The van der Waals surface area contributed by atoms with Crippen molar-refractivity contribution in [1.82, 2.24) is 9.88 Å². The lowest BCUT2D eigenvalue weighted by Crippen LogP contribution is -2.46. The van der Waals surface area contributed by atoms with Crippen LogP contribution < -0.4 is 4.74 Å². The van der Waals surface area contributed by atoms with Crippen molar-refractivity contribution in [2.75, 3.05) is 13.7 Å². The zero-order chi connectivity index (χ0) is 15.5. The molecule has 1 amide bonds. The Kier molecular flexibility index (Phi) is 4.04. The number of carbonyl (C=O) groups is 1. The zero-order valence-electron chi connectivity index (χ0n) is 12.3. The molecule has 4 nitrogen and oxygen atoms in total. The van der Waals surface area contributed by atoms with Crippen molar-refractivity contribution in [3.63, 3.8) is 0 Å². The van der Waals surface area contributed by atoms with E-state index in [1.165, 1.54) is 6.07 Å². The Bertz CT molecular complexity index is 673. The lowest BCUT2D eigenvalue weighted by Gasteiger charge is -2.41. The number of methoxy groups -OCH3 is 1. The minimum absolute atomic E-state index is 0.0304. The van der Waals surface area contributed by atoms with Crippen molar-refractivity contribution >= 4 is 5.91 Å². The van der Waals surface area contributed by atoms with Gasteiger partial charge in [0.2, 0.25) is 5.91 Å². The molecule has 0 bridgehead atoms. The van der Waals surface area contributed by atoms with Gasteiger partial charge in [-0.25, -0.2) is 4.39 Å². The second-order valence-electron chi connectivity index (χ2n) is 5.28. The second-order valence-corrected chi connectivity index (χ2v) is 5.28. The molecule has 1 atom stereocenters. The normalized spacial score (nSPS) is 17.0. The van der Waals surface area contributed by atoms with Gasteiger partial charge in [0.05, 0.1) is 25.8 Å². The molecule has 2 heterocycles. The average molecular weight is 300 g/mol. The molecule has 1 aromatic heterocycles. The molecule has 1 saturated heterocycles. The van der Waals surface area contributed by atoms with Crippen LogP contribution in [0.5, 0.6) is 5.75 Å². The molecule has 5 heteroatoms. The molecule has 1 unspecified atom stereocenters. The predicted octanol–water partition coefficient (Wildman–Crippen LogP) is 2.75. The molecule has 1 fully saturated rings. The van der Waals surface area contributed by atoms with Gasteiger partial charge in [0.15, 0.2) is 0 Å². The Morgan fingerprint density at radius 1 is 1.36 bits per heavy atom. The maximum atomic E-state index is 13.8. The fraction of sp³-hybridized carbons (Fsp3) is 0.294. The van der Waals surface area contributed by atoms with Crippen LogP contribution in [0.25, 0.3) is 0 Å². The predicted molar refractivity (Wildman–Crippen MR) is 80.0 cm³/mol. The number of benzene rings is 1. The SMILES string of the molecule is COc1ccc(CC(=O)N2CCC2c2ccccc2F)nc1. The van der Waals surface area contributed by atoms with Gasteiger partial charge in [-0.3, -0.25) is 9.78 Å². The largest absolute Gasteiger partial charge is 0.495 e. The highest BCUT2D eigenvalue weighted by Crippen LogP contribution is 2.34. The molecular formula is C17H17FN2O2. The molecule has 0 saturated carbocycles. The van der Waals surface area contributed by atoms with Gasteiger partial charge in [0, 0.05) is 17.8 Å². The van der Waals surface area contributed by atoms with E-state index in [9.17, 15) is 9.18 Å². The van der Waals surface area contributed by atoms with Crippen LogP contribution in [0.15, 0.2) is 42.6 Å². The molecule has 22 heavy (non-hydrogen) atoms. The van der Waals surface area contributed by atoms with Crippen LogP contribution in [0.4, 0.5) is 4.39 Å². The second kappa shape index (κ2) is 6.13. The molecule has 114 valence electrons. The number of halogens is 1. The Morgan fingerprint density at radius 2 is 2.18 bits per heavy atom. The van der Waals surface area contributed by atoms with Crippen molar-refractivity contribution in [2.45, 2.75) is 18.9 Å². The number of rotatable bonds is 4. The molecular weight excluding hydrogens is 283 g/mol. The van der Waals surface area contributed by atoms with E-state index in [-0.39, 0.29) is 24.2 Å². The molecule has 3 rings (SSSR count). The van der Waals surface area contributed by atoms with Gasteiger partial charge in [0.25, 0.3) is 0 Å². The fourth-order valence-electron chi connectivity index (χ4n) is 2.65. The number of hydrogen-bond acceptors (Lipinski definition) is 3. The summed E-state index contributed by atoms with van der Waals surface area (Å²) in [5.74, 6) is 0.370. The monoisotopic (exact) mass is 300 g/mol. The summed E-state index contributed by atoms with van der Waals surface area (Å²) < 4.78 is 18.9. The number of carbonyl (C=O) groups excluding carboxylic acids is 1. The maximum absolute atomic E-state index is 13.8. The van der Waals surface area contributed by atoms with Crippen molar-refractivity contribution < 1.29 is 13.9 Å². The van der Waals surface area contributed by atoms with Gasteiger partial charge in [0.1, 0.15) is 11.6 Å². The first-order valence-corrected chi connectivity index (χ1v) is 7.22. The Hall–Kier alpha value is -2.43. The number of hydrogen-bond donors (Lipinski definition) is 0. The van der Waals surface area contributed by atoms with E-state index in [1.807, 2.05) is 0 Å². The molecule has 2 aromatic rings. The maximum Gasteiger partial charge on any atom is 0.229 e. The summed E-state index contributed by atoms with van der Waals surface area (Å²) in [5, 5.41) is 0. The average Bonchev–Trinajstić information content (AvgIpc) is 2.49. The minimum Gasteiger partial charge on any atom is -0.495 e. The van der Waals surface area contributed by atoms with Gasteiger partial charge in [-0.1, -0.05) is 18.2 Å². The summed E-state index contributed by atoms with van der Waals surface area (Å²) in [6.45, 7) is 0.661. The molecule has 1 aromatic carbocycles. The Labute approximate surface area is 128 Å². The third-order valence-electron chi connectivity index (χ3n) is 3.97. The highest BCUT2D eigenvalue weighted by Gasteiger charge is 2.34. The van der Waals surface area contributed by atoms with Gasteiger partial charge in [-0.2, -0.15) is 0 Å². The number of amides is 1. The quantitative estimate of drug-likeness (QED) is 0.872. The Morgan fingerprint density at radius 3 is 2.77 bits per heavy atom.